The molecule has 0 amide bonds. The first-order valence-corrected chi connectivity index (χ1v) is 6.76. The topological polar surface area (TPSA) is 74.8 Å². The Morgan fingerprint density at radius 1 is 1.30 bits per heavy atom. The van der Waals surface area contributed by atoms with Crippen molar-refractivity contribution >= 4 is 5.82 Å². The average Bonchev–Trinajstić information content (AvgIpc) is 2.86. The predicted octanol–water partition coefficient (Wildman–Crippen LogP) is 1.52. The molecule has 1 aliphatic rings. The Bertz CT molecular complexity index is 681. The fourth-order valence-electron chi connectivity index (χ4n) is 2.72. The molecule has 3 heterocycles. The maximum absolute atomic E-state index is 11.6. The highest BCUT2D eigenvalue weighted by Gasteiger charge is 2.28. The van der Waals surface area contributed by atoms with Gasteiger partial charge in [-0.3, -0.25) is 4.79 Å². The first-order valence-electron chi connectivity index (χ1n) is 6.76. The molecule has 2 aromatic heterocycles. The largest absolute Gasteiger partial charge is 0.348 e. The summed E-state index contributed by atoms with van der Waals surface area (Å²) in [6, 6.07) is 3.67. The number of H-pyrrole nitrogens is 1. The molecular formula is C14H17N5O. The molecule has 0 aliphatic carbocycles. The third kappa shape index (κ3) is 2.41. The molecule has 1 aliphatic heterocycles. The smallest absolute Gasteiger partial charge is 0.251 e. The van der Waals surface area contributed by atoms with Crippen LogP contribution in [-0.4, -0.2) is 26.5 Å². The summed E-state index contributed by atoms with van der Waals surface area (Å²) in [5.74, 6) is 1.55. The van der Waals surface area contributed by atoms with Crippen LogP contribution in [0.1, 0.15) is 36.1 Å². The zero-order chi connectivity index (χ0) is 14.1. The number of hydrogen-bond acceptors (Lipinski definition) is 5. The number of rotatable bonds is 2. The van der Waals surface area contributed by atoms with Gasteiger partial charge in [-0.1, -0.05) is 0 Å². The van der Waals surface area contributed by atoms with E-state index >= 15 is 0 Å². The molecule has 2 aromatic rings. The molecule has 20 heavy (non-hydrogen) atoms. The number of hydrogen-bond donors (Lipinski definition) is 1. The van der Waals surface area contributed by atoms with Gasteiger partial charge in [-0.25, -0.2) is 15.0 Å². The summed E-state index contributed by atoms with van der Waals surface area (Å²) in [6.45, 7) is 4.68. The van der Waals surface area contributed by atoms with E-state index in [2.05, 4.69) is 24.8 Å². The Morgan fingerprint density at radius 3 is 2.90 bits per heavy atom. The first-order chi connectivity index (χ1) is 9.63. The summed E-state index contributed by atoms with van der Waals surface area (Å²) < 4.78 is 0. The molecule has 1 saturated heterocycles. The standard InChI is InChI=1S/C14H17N5O/c1-9-6-13(16-8-15-9)19-5-3-4-12(19)11-7-14(20)18-10(2)17-11/h6-8,12H,3-5H2,1-2H3,(H,17,18,20). The minimum Gasteiger partial charge on any atom is -0.348 e. The van der Waals surface area contributed by atoms with Gasteiger partial charge in [0.15, 0.2) is 0 Å². The molecule has 6 nitrogen and oxygen atoms in total. The second-order valence-corrected chi connectivity index (χ2v) is 5.12. The van der Waals surface area contributed by atoms with E-state index in [1.165, 1.54) is 0 Å². The number of nitrogens with one attached hydrogen (secondary N) is 1. The van der Waals surface area contributed by atoms with Crippen LogP contribution in [0.15, 0.2) is 23.3 Å². The average molecular weight is 271 g/mol. The van der Waals surface area contributed by atoms with E-state index in [9.17, 15) is 4.79 Å². The van der Waals surface area contributed by atoms with E-state index in [4.69, 9.17) is 0 Å². The van der Waals surface area contributed by atoms with Gasteiger partial charge in [-0.2, -0.15) is 0 Å². The molecular weight excluding hydrogens is 254 g/mol. The maximum Gasteiger partial charge on any atom is 0.251 e. The quantitative estimate of drug-likeness (QED) is 0.896. The minimum atomic E-state index is -0.0989. The lowest BCUT2D eigenvalue weighted by Gasteiger charge is -2.25. The Hall–Kier alpha value is -2.24. The Kier molecular flexibility index (Phi) is 3.22. The van der Waals surface area contributed by atoms with Gasteiger partial charge in [0.2, 0.25) is 0 Å². The number of aromatic nitrogens is 4. The number of aromatic amines is 1. The van der Waals surface area contributed by atoms with Gasteiger partial charge >= 0.3 is 0 Å². The monoisotopic (exact) mass is 271 g/mol. The van der Waals surface area contributed by atoms with Crippen molar-refractivity contribution in [3.63, 3.8) is 0 Å². The predicted molar refractivity (Wildman–Crippen MR) is 75.7 cm³/mol. The molecule has 104 valence electrons. The minimum absolute atomic E-state index is 0.0989. The number of anilines is 1. The van der Waals surface area contributed by atoms with Crippen LogP contribution in [0.3, 0.4) is 0 Å². The Labute approximate surface area is 116 Å². The lowest BCUT2D eigenvalue weighted by Crippen LogP contribution is -2.26. The van der Waals surface area contributed by atoms with Gasteiger partial charge < -0.3 is 9.88 Å². The normalized spacial score (nSPS) is 18.5. The molecule has 0 bridgehead atoms. The van der Waals surface area contributed by atoms with E-state index in [-0.39, 0.29) is 11.6 Å². The molecule has 0 spiro atoms. The summed E-state index contributed by atoms with van der Waals surface area (Å²) in [5, 5.41) is 0. The lowest BCUT2D eigenvalue weighted by molar-refractivity contribution is 0.676. The van der Waals surface area contributed by atoms with Gasteiger partial charge in [-0.05, 0) is 26.7 Å². The third-order valence-corrected chi connectivity index (χ3v) is 3.56. The maximum atomic E-state index is 11.6. The molecule has 1 unspecified atom stereocenters. The second kappa shape index (κ2) is 5.03. The van der Waals surface area contributed by atoms with Crippen LogP contribution in [0.25, 0.3) is 0 Å². The van der Waals surface area contributed by atoms with Gasteiger partial charge in [0, 0.05) is 24.4 Å². The Balaban J connectivity index is 1.98. The van der Waals surface area contributed by atoms with E-state index in [0.717, 1.165) is 36.6 Å². The van der Waals surface area contributed by atoms with Crippen molar-refractivity contribution in [3.05, 3.63) is 46.0 Å². The fraction of sp³-hybridized carbons (Fsp3) is 0.429. The van der Waals surface area contributed by atoms with Crippen LogP contribution in [0.2, 0.25) is 0 Å². The van der Waals surface area contributed by atoms with E-state index < -0.39 is 0 Å². The summed E-state index contributed by atoms with van der Waals surface area (Å²) in [7, 11) is 0. The van der Waals surface area contributed by atoms with Crippen LogP contribution >= 0.6 is 0 Å². The zero-order valence-electron chi connectivity index (χ0n) is 11.6. The molecule has 0 saturated carbocycles. The van der Waals surface area contributed by atoms with Gasteiger partial charge in [0.1, 0.15) is 18.0 Å². The molecule has 1 atom stereocenters. The highest BCUT2D eigenvalue weighted by atomic mass is 16.1. The second-order valence-electron chi connectivity index (χ2n) is 5.12. The van der Waals surface area contributed by atoms with Crippen LogP contribution in [0.5, 0.6) is 0 Å². The van der Waals surface area contributed by atoms with Crippen LogP contribution in [0.4, 0.5) is 5.82 Å². The van der Waals surface area contributed by atoms with Crippen LogP contribution in [-0.2, 0) is 0 Å². The van der Waals surface area contributed by atoms with E-state index in [0.29, 0.717) is 5.82 Å². The summed E-state index contributed by atoms with van der Waals surface area (Å²) >= 11 is 0. The summed E-state index contributed by atoms with van der Waals surface area (Å²) in [4.78, 5) is 29.5. The highest BCUT2D eigenvalue weighted by Crippen LogP contribution is 2.33. The zero-order valence-corrected chi connectivity index (χ0v) is 11.6. The first kappa shape index (κ1) is 12.8. The van der Waals surface area contributed by atoms with E-state index in [1.807, 2.05) is 13.0 Å². The Morgan fingerprint density at radius 2 is 2.15 bits per heavy atom. The molecule has 1 fully saturated rings. The van der Waals surface area contributed by atoms with Crippen molar-refractivity contribution in [3.8, 4) is 0 Å². The number of aryl methyl sites for hydroxylation is 2. The SMILES string of the molecule is Cc1cc(N2CCCC2c2cc(=O)[nH]c(C)n2)ncn1. The van der Waals surface area contributed by atoms with Crippen LogP contribution < -0.4 is 10.5 Å². The van der Waals surface area contributed by atoms with Crippen molar-refractivity contribution < 1.29 is 0 Å². The lowest BCUT2D eigenvalue weighted by atomic mass is 10.1. The highest BCUT2D eigenvalue weighted by molar-refractivity contribution is 5.43. The molecule has 1 N–H and O–H groups in total. The van der Waals surface area contributed by atoms with Crippen molar-refractivity contribution in [2.45, 2.75) is 32.7 Å². The van der Waals surface area contributed by atoms with Crippen molar-refractivity contribution in [1.82, 2.24) is 19.9 Å². The van der Waals surface area contributed by atoms with Crippen molar-refractivity contribution in [1.29, 1.82) is 0 Å². The summed E-state index contributed by atoms with van der Waals surface area (Å²) in [5.41, 5.74) is 1.66. The van der Waals surface area contributed by atoms with Crippen molar-refractivity contribution in [2.75, 3.05) is 11.4 Å². The van der Waals surface area contributed by atoms with Gasteiger partial charge in [0.05, 0.1) is 11.7 Å². The van der Waals surface area contributed by atoms with Gasteiger partial charge in [-0.15, -0.1) is 0 Å². The molecule has 3 rings (SSSR count). The third-order valence-electron chi connectivity index (χ3n) is 3.56. The number of nitrogens with zero attached hydrogens (tertiary/aromatic N) is 4. The van der Waals surface area contributed by atoms with E-state index in [1.54, 1.807) is 19.3 Å². The summed E-state index contributed by atoms with van der Waals surface area (Å²) in [6.07, 6.45) is 3.64. The van der Waals surface area contributed by atoms with Gasteiger partial charge in [0.25, 0.3) is 5.56 Å². The molecule has 0 radical (unpaired) electrons. The fourth-order valence-corrected chi connectivity index (χ4v) is 2.72. The van der Waals surface area contributed by atoms with Crippen LogP contribution in [0, 0.1) is 13.8 Å². The van der Waals surface area contributed by atoms with Crippen molar-refractivity contribution in [2.24, 2.45) is 0 Å². The molecule has 6 heteroatoms. The molecule has 0 aromatic carbocycles.